The first-order chi connectivity index (χ1) is 3.56. The molecule has 0 fully saturated rings. The molecule has 0 bridgehead atoms. The summed E-state index contributed by atoms with van der Waals surface area (Å²) in [5.41, 5.74) is 0. The van der Waals surface area contributed by atoms with E-state index in [1.165, 1.54) is 6.92 Å². The largest absolute Gasteiger partial charge is 0.407 e. The molecule has 0 spiro atoms. The van der Waals surface area contributed by atoms with Crippen LogP contribution in [0.4, 0.5) is 13.2 Å². The molecule has 8 heavy (non-hydrogen) atoms. The minimum absolute atomic E-state index is 1.07. The molecule has 0 rings (SSSR count). The van der Waals surface area contributed by atoms with Gasteiger partial charge in [-0.1, -0.05) is 0 Å². The molecule has 0 N–H and O–H groups in total. The molecule has 0 amide bonds. The van der Waals surface area contributed by atoms with Crippen molar-refractivity contribution in [3.05, 3.63) is 0 Å². The molecule has 48 valence electrons. The molecular formula is C4H6F3N. The van der Waals surface area contributed by atoms with Crippen LogP contribution < -0.4 is 0 Å². The van der Waals surface area contributed by atoms with Crippen molar-refractivity contribution in [1.29, 1.82) is 0 Å². The Morgan fingerprint density at radius 1 is 1.50 bits per heavy atom. The topological polar surface area (TPSA) is 12.4 Å². The second-order valence-corrected chi connectivity index (χ2v) is 1.21. The molecule has 0 aromatic rings. The van der Waals surface area contributed by atoms with Crippen molar-refractivity contribution < 1.29 is 13.2 Å². The zero-order valence-electron chi connectivity index (χ0n) is 4.37. The van der Waals surface area contributed by atoms with Crippen LogP contribution in [0, 0.1) is 0 Å². The lowest BCUT2D eigenvalue weighted by Gasteiger charge is -1.98. The van der Waals surface area contributed by atoms with Crippen molar-refractivity contribution >= 4 is 6.21 Å². The number of aliphatic imine (C=N–C) groups is 1. The van der Waals surface area contributed by atoms with Crippen LogP contribution in [-0.2, 0) is 0 Å². The highest BCUT2D eigenvalue weighted by Crippen LogP contribution is 2.13. The van der Waals surface area contributed by atoms with Gasteiger partial charge < -0.3 is 0 Å². The summed E-state index contributed by atoms with van der Waals surface area (Å²) in [5.74, 6) is 0. The first kappa shape index (κ1) is 7.46. The molecular weight excluding hydrogens is 119 g/mol. The zero-order chi connectivity index (χ0) is 6.62. The lowest BCUT2D eigenvalue weighted by atomic mass is 10.6. The van der Waals surface area contributed by atoms with E-state index < -0.39 is 12.7 Å². The average molecular weight is 125 g/mol. The molecule has 0 radical (unpaired) electrons. The lowest BCUT2D eigenvalue weighted by molar-refractivity contribution is -0.118. The summed E-state index contributed by atoms with van der Waals surface area (Å²) in [6, 6.07) is 0. The molecule has 0 aliphatic heterocycles. The monoisotopic (exact) mass is 125 g/mol. The summed E-state index contributed by atoms with van der Waals surface area (Å²) in [4.78, 5) is 2.99. The Morgan fingerprint density at radius 2 is 2.00 bits per heavy atom. The maximum absolute atomic E-state index is 11.1. The van der Waals surface area contributed by atoms with Gasteiger partial charge in [-0.2, -0.15) is 13.2 Å². The summed E-state index contributed by atoms with van der Waals surface area (Å²) in [7, 11) is 0. The lowest BCUT2D eigenvalue weighted by Crippen LogP contribution is -2.11. The molecule has 0 saturated heterocycles. The van der Waals surface area contributed by atoms with E-state index >= 15 is 0 Å². The predicted octanol–water partition coefficient (Wildman–Crippen LogP) is 1.64. The fourth-order valence-corrected chi connectivity index (χ4v) is 0.195. The van der Waals surface area contributed by atoms with Gasteiger partial charge in [-0.3, -0.25) is 4.99 Å². The van der Waals surface area contributed by atoms with E-state index in [1.54, 1.807) is 0 Å². The number of rotatable bonds is 1. The van der Waals surface area contributed by atoms with Crippen LogP contribution in [0.15, 0.2) is 4.99 Å². The molecule has 0 unspecified atom stereocenters. The predicted molar refractivity (Wildman–Crippen MR) is 25.1 cm³/mol. The highest BCUT2D eigenvalue weighted by Gasteiger charge is 2.25. The number of alkyl halides is 3. The van der Waals surface area contributed by atoms with E-state index in [0.29, 0.717) is 0 Å². The second-order valence-electron chi connectivity index (χ2n) is 1.21. The zero-order valence-corrected chi connectivity index (χ0v) is 4.37. The fraction of sp³-hybridized carbons (Fsp3) is 0.750. The van der Waals surface area contributed by atoms with Crippen LogP contribution in [0.2, 0.25) is 0 Å². The van der Waals surface area contributed by atoms with Crippen LogP contribution >= 0.6 is 0 Å². The smallest absolute Gasteiger partial charge is 0.288 e. The number of halogens is 3. The van der Waals surface area contributed by atoms with Gasteiger partial charge in [-0.15, -0.1) is 0 Å². The first-order valence-electron chi connectivity index (χ1n) is 2.07. The number of hydrogen-bond acceptors (Lipinski definition) is 1. The van der Waals surface area contributed by atoms with Crippen molar-refractivity contribution in [2.75, 3.05) is 6.54 Å². The molecule has 0 heterocycles. The Hall–Kier alpha value is -0.540. The van der Waals surface area contributed by atoms with E-state index in [4.69, 9.17) is 0 Å². The Bertz CT molecular complexity index is 83.8. The van der Waals surface area contributed by atoms with Gasteiger partial charge >= 0.3 is 6.18 Å². The van der Waals surface area contributed by atoms with Crippen molar-refractivity contribution in [2.45, 2.75) is 13.1 Å². The van der Waals surface area contributed by atoms with Crippen molar-refractivity contribution in [3.8, 4) is 0 Å². The van der Waals surface area contributed by atoms with E-state index in [1.807, 2.05) is 0 Å². The standard InChI is InChI=1S/C4H6F3N/c1-2-8-3-4(5,6)7/h2H,3H2,1H3. The Morgan fingerprint density at radius 3 is 2.12 bits per heavy atom. The quantitative estimate of drug-likeness (QED) is 0.472. The SMILES string of the molecule is CC=NCC(F)(F)F. The van der Waals surface area contributed by atoms with Gasteiger partial charge in [0, 0.05) is 0 Å². The van der Waals surface area contributed by atoms with Gasteiger partial charge in [0.1, 0.15) is 6.54 Å². The molecule has 0 saturated carbocycles. The van der Waals surface area contributed by atoms with Gasteiger partial charge in [0.25, 0.3) is 0 Å². The molecule has 0 aliphatic carbocycles. The summed E-state index contributed by atoms with van der Waals surface area (Å²) in [6.45, 7) is 0.384. The van der Waals surface area contributed by atoms with E-state index in [9.17, 15) is 13.2 Å². The van der Waals surface area contributed by atoms with Crippen molar-refractivity contribution in [3.63, 3.8) is 0 Å². The maximum Gasteiger partial charge on any atom is 0.407 e. The number of hydrogen-bond donors (Lipinski definition) is 0. The van der Waals surface area contributed by atoms with E-state index in [2.05, 4.69) is 4.99 Å². The van der Waals surface area contributed by atoms with Gasteiger partial charge in [0.15, 0.2) is 0 Å². The third-order valence-corrected chi connectivity index (χ3v) is 0.453. The van der Waals surface area contributed by atoms with Gasteiger partial charge in [-0.05, 0) is 13.1 Å². The third kappa shape index (κ3) is 5.46. The minimum Gasteiger partial charge on any atom is -0.288 e. The number of nitrogens with zero attached hydrogens (tertiary/aromatic N) is 1. The Kier molecular flexibility index (Phi) is 2.51. The summed E-state index contributed by atoms with van der Waals surface area (Å²) in [5, 5.41) is 0. The first-order valence-corrected chi connectivity index (χ1v) is 2.07. The van der Waals surface area contributed by atoms with Gasteiger partial charge in [0.2, 0.25) is 0 Å². The summed E-state index contributed by atoms with van der Waals surface area (Å²) < 4.78 is 33.4. The molecule has 0 aromatic carbocycles. The normalized spacial score (nSPS) is 13.0. The van der Waals surface area contributed by atoms with Crippen LogP contribution in [0.25, 0.3) is 0 Å². The van der Waals surface area contributed by atoms with Crippen molar-refractivity contribution in [2.24, 2.45) is 4.99 Å². The van der Waals surface area contributed by atoms with Crippen LogP contribution in [0.3, 0.4) is 0 Å². The van der Waals surface area contributed by atoms with Gasteiger partial charge in [0.05, 0.1) is 0 Å². The van der Waals surface area contributed by atoms with E-state index in [0.717, 1.165) is 6.21 Å². The molecule has 0 atom stereocenters. The molecule has 0 aliphatic rings. The fourth-order valence-electron chi connectivity index (χ4n) is 0.195. The molecule has 4 heteroatoms. The Labute approximate surface area is 45.2 Å². The van der Waals surface area contributed by atoms with Crippen LogP contribution in [-0.4, -0.2) is 18.9 Å². The summed E-state index contributed by atoms with van der Waals surface area (Å²) >= 11 is 0. The van der Waals surface area contributed by atoms with Gasteiger partial charge in [-0.25, -0.2) is 0 Å². The third-order valence-electron chi connectivity index (χ3n) is 0.453. The summed E-state index contributed by atoms with van der Waals surface area (Å²) in [6.07, 6.45) is -3.01. The molecule has 1 nitrogen and oxygen atoms in total. The average Bonchev–Trinajstić information content (AvgIpc) is 1.59. The van der Waals surface area contributed by atoms with Crippen LogP contribution in [0.5, 0.6) is 0 Å². The highest BCUT2D eigenvalue weighted by atomic mass is 19.4. The van der Waals surface area contributed by atoms with Crippen molar-refractivity contribution in [1.82, 2.24) is 0 Å². The minimum atomic E-state index is -4.15. The molecule has 0 aromatic heterocycles. The maximum atomic E-state index is 11.1. The van der Waals surface area contributed by atoms with E-state index in [-0.39, 0.29) is 0 Å². The second kappa shape index (κ2) is 2.69. The Balaban J connectivity index is 3.39. The highest BCUT2D eigenvalue weighted by molar-refractivity contribution is 5.53. The van der Waals surface area contributed by atoms with Crippen LogP contribution in [0.1, 0.15) is 6.92 Å².